The van der Waals surface area contributed by atoms with Crippen molar-refractivity contribution in [2.45, 2.75) is 76.4 Å². The van der Waals surface area contributed by atoms with Crippen molar-refractivity contribution >= 4 is 39.1 Å². The second-order valence-corrected chi connectivity index (χ2v) is 13.0. The summed E-state index contributed by atoms with van der Waals surface area (Å²) in [5.74, 6) is -0.676. The van der Waals surface area contributed by atoms with Crippen LogP contribution in [-0.2, 0) is 26.2 Å². The van der Waals surface area contributed by atoms with Gasteiger partial charge in [-0.05, 0) is 75.1 Å². The molecule has 1 atom stereocenters. The molecule has 1 aliphatic carbocycles. The lowest BCUT2D eigenvalue weighted by molar-refractivity contribution is -0.140. The van der Waals surface area contributed by atoms with Gasteiger partial charge in [-0.15, -0.1) is 0 Å². The number of hydrogen-bond acceptors (Lipinski definition) is 4. The van der Waals surface area contributed by atoms with Gasteiger partial charge in [0.15, 0.2) is 0 Å². The largest absolute Gasteiger partial charge is 0.352 e. The molecule has 0 radical (unpaired) electrons. The molecule has 7 nitrogen and oxygen atoms in total. The Morgan fingerprint density at radius 1 is 0.951 bits per heavy atom. The van der Waals surface area contributed by atoms with Gasteiger partial charge in [-0.1, -0.05) is 78.9 Å². The van der Waals surface area contributed by atoms with Crippen molar-refractivity contribution in [3.05, 3.63) is 94.5 Å². The number of rotatable bonds is 11. The van der Waals surface area contributed by atoms with E-state index in [1.165, 1.54) is 17.0 Å². The zero-order valence-corrected chi connectivity index (χ0v) is 25.4. The van der Waals surface area contributed by atoms with E-state index in [0.717, 1.165) is 46.7 Å². The van der Waals surface area contributed by atoms with Gasteiger partial charge in [0.25, 0.3) is 10.0 Å². The fraction of sp³-hybridized carbons (Fsp3) is 0.375. The molecule has 0 saturated heterocycles. The summed E-state index contributed by atoms with van der Waals surface area (Å²) in [6, 6.07) is 20.0. The molecule has 0 aromatic heterocycles. The molecule has 218 valence electrons. The van der Waals surface area contributed by atoms with Crippen LogP contribution in [0.4, 0.5) is 5.69 Å². The summed E-state index contributed by atoms with van der Waals surface area (Å²) in [6.45, 7) is 5.42. The van der Waals surface area contributed by atoms with Gasteiger partial charge in [0.05, 0.1) is 10.6 Å². The van der Waals surface area contributed by atoms with Crippen molar-refractivity contribution in [3.63, 3.8) is 0 Å². The van der Waals surface area contributed by atoms with Crippen LogP contribution in [-0.4, -0.2) is 43.8 Å². The fourth-order valence-electron chi connectivity index (χ4n) is 5.27. The molecular formula is C32H38ClN3O4S. The van der Waals surface area contributed by atoms with Gasteiger partial charge in [0.2, 0.25) is 11.8 Å². The number of carbonyl (C=O) groups is 2. The lowest BCUT2D eigenvalue weighted by Gasteiger charge is -2.34. The molecule has 0 heterocycles. The summed E-state index contributed by atoms with van der Waals surface area (Å²) in [4.78, 5) is 29.3. The van der Waals surface area contributed by atoms with Crippen LogP contribution in [0.1, 0.15) is 55.7 Å². The molecule has 0 bridgehead atoms. The molecule has 41 heavy (non-hydrogen) atoms. The smallest absolute Gasteiger partial charge is 0.264 e. The van der Waals surface area contributed by atoms with Crippen LogP contribution in [0.25, 0.3) is 0 Å². The average molecular weight is 596 g/mol. The maximum absolute atomic E-state index is 14.2. The normalized spacial score (nSPS) is 14.4. The van der Waals surface area contributed by atoms with E-state index in [4.69, 9.17) is 11.6 Å². The van der Waals surface area contributed by atoms with Crippen molar-refractivity contribution in [1.82, 2.24) is 10.2 Å². The van der Waals surface area contributed by atoms with Crippen molar-refractivity contribution in [1.29, 1.82) is 0 Å². The van der Waals surface area contributed by atoms with Crippen molar-refractivity contribution in [2.75, 3.05) is 10.8 Å². The van der Waals surface area contributed by atoms with Crippen molar-refractivity contribution < 1.29 is 18.0 Å². The summed E-state index contributed by atoms with van der Waals surface area (Å²) in [5, 5.41) is 3.58. The van der Waals surface area contributed by atoms with Crippen LogP contribution >= 0.6 is 11.6 Å². The summed E-state index contributed by atoms with van der Waals surface area (Å²) < 4.78 is 29.0. The fourth-order valence-corrected chi connectivity index (χ4v) is 6.81. The third kappa shape index (κ3) is 7.68. The zero-order chi connectivity index (χ0) is 29.6. The Morgan fingerprint density at radius 3 is 2.22 bits per heavy atom. The summed E-state index contributed by atoms with van der Waals surface area (Å²) in [7, 11) is -4.12. The van der Waals surface area contributed by atoms with Gasteiger partial charge in [-0.2, -0.15) is 0 Å². The standard InChI is InChI=1S/C32H38ClN3O4S/c1-4-30(32(38)34-27-10-5-6-11-27)35(21-25-9-7-8-24(3)20-25)31(37)22-36(28-16-14-26(33)15-17-28)41(39,40)29-18-12-23(2)13-19-29/h7-9,12-20,27,30H,4-6,10-11,21-22H2,1-3H3,(H,34,38)/t30-/m1/s1. The number of halogens is 1. The third-order valence-corrected chi connectivity index (χ3v) is 9.57. The third-order valence-electron chi connectivity index (χ3n) is 7.53. The molecule has 0 aliphatic heterocycles. The first-order valence-corrected chi connectivity index (χ1v) is 15.9. The highest BCUT2D eigenvalue weighted by molar-refractivity contribution is 7.92. The number of anilines is 1. The van der Waals surface area contributed by atoms with E-state index in [1.54, 1.807) is 36.4 Å². The highest BCUT2D eigenvalue weighted by Gasteiger charge is 2.34. The molecule has 9 heteroatoms. The molecule has 1 aliphatic rings. The lowest BCUT2D eigenvalue weighted by atomic mass is 10.1. The highest BCUT2D eigenvalue weighted by atomic mass is 35.5. The summed E-state index contributed by atoms with van der Waals surface area (Å²) in [5.41, 5.74) is 3.12. The minimum absolute atomic E-state index is 0.0714. The van der Waals surface area contributed by atoms with Crippen LogP contribution in [0.3, 0.4) is 0 Å². The van der Waals surface area contributed by atoms with Gasteiger partial charge in [0, 0.05) is 17.6 Å². The number of carbonyl (C=O) groups excluding carboxylic acids is 2. The Bertz CT molecular complexity index is 1450. The second-order valence-electron chi connectivity index (χ2n) is 10.7. The van der Waals surface area contributed by atoms with E-state index in [-0.39, 0.29) is 23.4 Å². The topological polar surface area (TPSA) is 86.8 Å². The molecule has 4 rings (SSSR count). The number of nitrogens with zero attached hydrogens (tertiary/aromatic N) is 2. The van der Waals surface area contributed by atoms with Crippen molar-refractivity contribution in [3.8, 4) is 0 Å². The number of hydrogen-bond donors (Lipinski definition) is 1. The Hall–Kier alpha value is -3.36. The molecule has 3 aromatic carbocycles. The quantitative estimate of drug-likeness (QED) is 0.294. The second kappa shape index (κ2) is 13.5. The van der Waals surface area contributed by atoms with Crippen LogP contribution in [0.2, 0.25) is 5.02 Å². The van der Waals surface area contributed by atoms with Crippen LogP contribution in [0.15, 0.2) is 77.7 Å². The minimum atomic E-state index is -4.12. The van der Waals surface area contributed by atoms with Crippen LogP contribution in [0.5, 0.6) is 0 Å². The number of sulfonamides is 1. The molecule has 1 saturated carbocycles. The Morgan fingerprint density at radius 2 is 1.61 bits per heavy atom. The molecular weight excluding hydrogens is 558 g/mol. The van der Waals surface area contributed by atoms with Gasteiger partial charge >= 0.3 is 0 Å². The number of nitrogens with one attached hydrogen (secondary N) is 1. The van der Waals surface area contributed by atoms with Gasteiger partial charge in [-0.3, -0.25) is 13.9 Å². The molecule has 1 fully saturated rings. The number of aryl methyl sites for hydroxylation is 2. The van der Waals surface area contributed by atoms with E-state index in [2.05, 4.69) is 5.32 Å². The Labute approximate surface area is 248 Å². The molecule has 0 spiro atoms. The monoisotopic (exact) mass is 595 g/mol. The average Bonchev–Trinajstić information content (AvgIpc) is 3.45. The first-order chi connectivity index (χ1) is 19.6. The van der Waals surface area contributed by atoms with Gasteiger partial charge < -0.3 is 10.2 Å². The highest BCUT2D eigenvalue weighted by Crippen LogP contribution is 2.27. The first-order valence-electron chi connectivity index (χ1n) is 14.1. The minimum Gasteiger partial charge on any atom is -0.352 e. The molecule has 2 amide bonds. The van der Waals surface area contributed by atoms with E-state index in [0.29, 0.717) is 17.1 Å². The Kier molecular flexibility index (Phi) is 10.1. The van der Waals surface area contributed by atoms with E-state index >= 15 is 0 Å². The SMILES string of the molecule is CC[C@H](C(=O)NC1CCCC1)N(Cc1cccc(C)c1)C(=O)CN(c1ccc(Cl)cc1)S(=O)(=O)c1ccc(C)cc1. The van der Waals surface area contributed by atoms with Crippen LogP contribution < -0.4 is 9.62 Å². The summed E-state index contributed by atoms with van der Waals surface area (Å²) in [6.07, 6.45) is 4.38. The Balaban J connectivity index is 1.71. The predicted molar refractivity (Wildman–Crippen MR) is 163 cm³/mol. The maximum Gasteiger partial charge on any atom is 0.264 e. The number of amides is 2. The van der Waals surface area contributed by atoms with Gasteiger partial charge in [-0.25, -0.2) is 8.42 Å². The van der Waals surface area contributed by atoms with E-state index < -0.39 is 28.5 Å². The summed E-state index contributed by atoms with van der Waals surface area (Å²) >= 11 is 6.10. The van der Waals surface area contributed by atoms with E-state index in [1.807, 2.05) is 45.0 Å². The maximum atomic E-state index is 14.2. The molecule has 3 aromatic rings. The molecule has 1 N–H and O–H groups in total. The lowest BCUT2D eigenvalue weighted by Crippen LogP contribution is -2.53. The van der Waals surface area contributed by atoms with Gasteiger partial charge in [0.1, 0.15) is 12.6 Å². The number of benzene rings is 3. The van der Waals surface area contributed by atoms with Crippen LogP contribution in [0, 0.1) is 13.8 Å². The molecule has 0 unspecified atom stereocenters. The first kappa shape index (κ1) is 30.6. The van der Waals surface area contributed by atoms with E-state index in [9.17, 15) is 18.0 Å². The van der Waals surface area contributed by atoms with Crippen molar-refractivity contribution in [2.24, 2.45) is 0 Å². The zero-order valence-electron chi connectivity index (χ0n) is 23.8. The predicted octanol–water partition coefficient (Wildman–Crippen LogP) is 6.02.